The lowest BCUT2D eigenvalue weighted by Gasteiger charge is -2.19. The number of thioether (sulfide) groups is 1. The lowest BCUT2D eigenvalue weighted by atomic mass is 10.2. The van der Waals surface area contributed by atoms with Gasteiger partial charge in [-0.15, -0.1) is 0 Å². The Morgan fingerprint density at radius 2 is 1.96 bits per heavy atom. The van der Waals surface area contributed by atoms with E-state index >= 15 is 0 Å². The topological polar surface area (TPSA) is 55.2 Å². The lowest BCUT2D eigenvalue weighted by Crippen LogP contribution is -2.32. The second-order valence-corrected chi connectivity index (χ2v) is 7.93. The number of hydrogen-bond donors (Lipinski definition) is 0. The summed E-state index contributed by atoms with van der Waals surface area (Å²) in [6, 6.07) is 5.54. The van der Waals surface area contributed by atoms with Crippen LogP contribution in [0.15, 0.2) is 32.6 Å². The van der Waals surface area contributed by atoms with Crippen LogP contribution in [0.2, 0.25) is 0 Å². The maximum Gasteiger partial charge on any atom is 0.262 e. The van der Waals surface area contributed by atoms with Crippen LogP contribution < -0.4 is 5.56 Å². The molecule has 2 aromatic rings. The first kappa shape index (κ1) is 21.0. The molecular formula is C19H26BrN3O2S. The Morgan fingerprint density at radius 1 is 1.23 bits per heavy atom. The molecule has 0 aliphatic rings. The van der Waals surface area contributed by atoms with Crippen LogP contribution in [-0.4, -0.2) is 39.2 Å². The molecule has 0 radical (unpaired) electrons. The summed E-state index contributed by atoms with van der Waals surface area (Å²) >= 11 is 4.78. The molecule has 0 bridgehead atoms. The van der Waals surface area contributed by atoms with Crippen LogP contribution >= 0.6 is 27.7 Å². The second-order valence-electron chi connectivity index (χ2n) is 6.07. The fourth-order valence-corrected chi connectivity index (χ4v) is 4.08. The molecule has 1 aromatic heterocycles. The molecule has 0 saturated carbocycles. The van der Waals surface area contributed by atoms with E-state index in [9.17, 15) is 9.59 Å². The number of carbonyl (C=O) groups excluding carboxylic acids is 1. The summed E-state index contributed by atoms with van der Waals surface area (Å²) < 4.78 is 2.59. The summed E-state index contributed by atoms with van der Waals surface area (Å²) in [7, 11) is 0. The number of hydrogen-bond acceptors (Lipinski definition) is 4. The molecule has 0 unspecified atom stereocenters. The zero-order valence-electron chi connectivity index (χ0n) is 15.6. The zero-order valence-corrected chi connectivity index (χ0v) is 18.0. The Bertz CT molecular complexity index is 818. The highest BCUT2D eigenvalue weighted by Crippen LogP contribution is 2.21. The van der Waals surface area contributed by atoms with E-state index in [1.54, 1.807) is 9.47 Å². The van der Waals surface area contributed by atoms with Crippen LogP contribution in [0.1, 0.15) is 40.0 Å². The largest absolute Gasteiger partial charge is 0.343 e. The van der Waals surface area contributed by atoms with Crippen LogP contribution in [0.4, 0.5) is 0 Å². The van der Waals surface area contributed by atoms with Crippen molar-refractivity contribution in [1.29, 1.82) is 0 Å². The molecule has 0 N–H and O–H groups in total. The molecule has 0 spiro atoms. The van der Waals surface area contributed by atoms with Crippen LogP contribution in [0, 0.1) is 0 Å². The van der Waals surface area contributed by atoms with Gasteiger partial charge < -0.3 is 4.90 Å². The summed E-state index contributed by atoms with van der Waals surface area (Å²) in [5.74, 6) is 0.370. The first-order valence-corrected chi connectivity index (χ1v) is 10.9. The zero-order chi connectivity index (χ0) is 19.1. The smallest absolute Gasteiger partial charge is 0.262 e. The highest BCUT2D eigenvalue weighted by molar-refractivity contribution is 9.10. The van der Waals surface area contributed by atoms with Crippen LogP contribution in [0.25, 0.3) is 10.9 Å². The first-order chi connectivity index (χ1) is 12.5. The van der Waals surface area contributed by atoms with Gasteiger partial charge in [0.1, 0.15) is 0 Å². The highest BCUT2D eigenvalue weighted by atomic mass is 79.9. The molecule has 5 nitrogen and oxygen atoms in total. The predicted molar refractivity (Wildman–Crippen MR) is 112 cm³/mol. The third kappa shape index (κ3) is 5.10. The van der Waals surface area contributed by atoms with E-state index < -0.39 is 0 Å². The Morgan fingerprint density at radius 3 is 2.62 bits per heavy atom. The van der Waals surface area contributed by atoms with Gasteiger partial charge in [0, 0.05) is 24.1 Å². The van der Waals surface area contributed by atoms with Crippen molar-refractivity contribution in [3.63, 3.8) is 0 Å². The monoisotopic (exact) mass is 439 g/mol. The van der Waals surface area contributed by atoms with Crippen molar-refractivity contribution in [2.45, 2.75) is 51.7 Å². The van der Waals surface area contributed by atoms with E-state index in [1.165, 1.54) is 11.8 Å². The Balaban J connectivity index is 2.35. The Hall–Kier alpha value is -1.34. The normalized spacial score (nSPS) is 11.1. The molecule has 7 heteroatoms. The number of aromatic nitrogens is 2. The van der Waals surface area contributed by atoms with Crippen molar-refractivity contribution in [3.05, 3.63) is 33.0 Å². The van der Waals surface area contributed by atoms with Gasteiger partial charge >= 0.3 is 0 Å². The van der Waals surface area contributed by atoms with Crippen molar-refractivity contribution >= 4 is 44.5 Å². The third-order valence-electron chi connectivity index (χ3n) is 4.31. The van der Waals surface area contributed by atoms with Crippen LogP contribution in [0.5, 0.6) is 0 Å². The van der Waals surface area contributed by atoms with E-state index in [1.807, 2.05) is 32.0 Å². The minimum atomic E-state index is -0.0369. The van der Waals surface area contributed by atoms with E-state index in [0.717, 1.165) is 23.7 Å². The number of benzene rings is 1. The standard InChI is InChI=1S/C19H26BrN3O2S/c1-4-7-8-11-23-18(25)15-12-14(20)9-10-16(15)21-19(23)26-13-17(24)22(5-2)6-3/h9-10,12H,4-8,11,13H2,1-3H3. The van der Waals surface area contributed by atoms with Crippen molar-refractivity contribution in [1.82, 2.24) is 14.5 Å². The Labute approximate surface area is 167 Å². The van der Waals surface area contributed by atoms with E-state index in [0.29, 0.717) is 41.4 Å². The average Bonchev–Trinajstić information content (AvgIpc) is 2.63. The third-order valence-corrected chi connectivity index (χ3v) is 5.76. The molecule has 0 atom stereocenters. The van der Waals surface area contributed by atoms with Gasteiger partial charge in [-0.05, 0) is 38.5 Å². The number of halogens is 1. The van der Waals surface area contributed by atoms with Gasteiger partial charge in [0.05, 0.1) is 16.7 Å². The van der Waals surface area contributed by atoms with Crippen molar-refractivity contribution < 1.29 is 4.79 Å². The Kier molecular flexibility index (Phi) is 8.15. The molecule has 1 amide bonds. The molecular weight excluding hydrogens is 414 g/mol. The number of amides is 1. The summed E-state index contributed by atoms with van der Waals surface area (Å²) in [5.41, 5.74) is 0.632. The number of carbonyl (C=O) groups is 1. The van der Waals surface area contributed by atoms with E-state index in [2.05, 4.69) is 27.8 Å². The van der Waals surface area contributed by atoms with Crippen LogP contribution in [0.3, 0.4) is 0 Å². The van der Waals surface area contributed by atoms with Gasteiger partial charge in [0.15, 0.2) is 5.16 Å². The summed E-state index contributed by atoms with van der Waals surface area (Å²) in [6.07, 6.45) is 3.07. The SMILES string of the molecule is CCCCCn1c(SCC(=O)N(CC)CC)nc2ccc(Br)cc2c1=O. The van der Waals surface area contributed by atoms with Crippen molar-refractivity contribution in [2.75, 3.05) is 18.8 Å². The number of rotatable bonds is 9. The van der Waals surface area contributed by atoms with Gasteiger partial charge in [0.2, 0.25) is 5.91 Å². The van der Waals surface area contributed by atoms with Gasteiger partial charge in [-0.1, -0.05) is 47.5 Å². The minimum Gasteiger partial charge on any atom is -0.343 e. The summed E-state index contributed by atoms with van der Waals surface area (Å²) in [4.78, 5) is 31.8. The molecule has 2 rings (SSSR count). The highest BCUT2D eigenvalue weighted by Gasteiger charge is 2.15. The molecule has 0 fully saturated rings. The van der Waals surface area contributed by atoms with Gasteiger partial charge in [-0.2, -0.15) is 0 Å². The van der Waals surface area contributed by atoms with E-state index in [-0.39, 0.29) is 11.5 Å². The van der Waals surface area contributed by atoms with Crippen LogP contribution in [-0.2, 0) is 11.3 Å². The number of nitrogens with zero attached hydrogens (tertiary/aromatic N) is 3. The van der Waals surface area contributed by atoms with Crippen molar-refractivity contribution in [2.24, 2.45) is 0 Å². The molecule has 0 aliphatic heterocycles. The molecule has 0 saturated heterocycles. The molecule has 1 aromatic carbocycles. The maximum atomic E-state index is 13.0. The summed E-state index contributed by atoms with van der Waals surface area (Å²) in [6.45, 7) is 8.09. The predicted octanol–water partition coefficient (Wildman–Crippen LogP) is 4.31. The molecule has 0 aliphatic carbocycles. The maximum absolute atomic E-state index is 13.0. The molecule has 142 valence electrons. The van der Waals surface area contributed by atoms with E-state index in [4.69, 9.17) is 0 Å². The quantitative estimate of drug-likeness (QED) is 0.331. The molecule has 1 heterocycles. The first-order valence-electron chi connectivity index (χ1n) is 9.12. The average molecular weight is 440 g/mol. The van der Waals surface area contributed by atoms with Gasteiger partial charge in [0.25, 0.3) is 5.56 Å². The van der Waals surface area contributed by atoms with Gasteiger partial charge in [-0.3, -0.25) is 14.2 Å². The fraction of sp³-hybridized carbons (Fsp3) is 0.526. The molecule has 26 heavy (non-hydrogen) atoms. The van der Waals surface area contributed by atoms with Crippen molar-refractivity contribution in [3.8, 4) is 0 Å². The van der Waals surface area contributed by atoms with Gasteiger partial charge in [-0.25, -0.2) is 4.98 Å². The number of unbranched alkanes of at least 4 members (excludes halogenated alkanes) is 2. The summed E-state index contributed by atoms with van der Waals surface area (Å²) in [5, 5.41) is 1.23. The second kappa shape index (κ2) is 10.1. The fourth-order valence-electron chi connectivity index (χ4n) is 2.79. The minimum absolute atomic E-state index is 0.0369. The lowest BCUT2D eigenvalue weighted by molar-refractivity contribution is -0.127. The number of fused-ring (bicyclic) bond motifs is 1.